The summed E-state index contributed by atoms with van der Waals surface area (Å²) < 4.78 is 19.5. The van der Waals surface area contributed by atoms with Crippen LogP contribution in [0.5, 0.6) is 17.2 Å². The van der Waals surface area contributed by atoms with Crippen molar-refractivity contribution in [2.24, 2.45) is 0 Å². The highest BCUT2D eigenvalue weighted by atomic mass is 32.2. The van der Waals surface area contributed by atoms with Gasteiger partial charge in [-0.2, -0.15) is 0 Å². The van der Waals surface area contributed by atoms with Gasteiger partial charge in [0.15, 0.2) is 22.5 Å². The number of anilines is 1. The van der Waals surface area contributed by atoms with E-state index in [2.05, 4.69) is 22.1 Å². The number of para-hydroxylation sites is 1. The Bertz CT molecular complexity index is 1220. The zero-order chi connectivity index (χ0) is 23.5. The molecule has 1 N–H and O–H groups in total. The molecule has 1 aromatic heterocycles. The van der Waals surface area contributed by atoms with Crippen molar-refractivity contribution < 1.29 is 19.0 Å². The first-order chi connectivity index (χ1) is 16.6. The molecule has 34 heavy (non-hydrogen) atoms. The van der Waals surface area contributed by atoms with Gasteiger partial charge in [-0.15, -0.1) is 16.8 Å². The van der Waals surface area contributed by atoms with Gasteiger partial charge in [0.25, 0.3) is 5.79 Å². The minimum absolute atomic E-state index is 0.147. The molecule has 0 saturated heterocycles. The second-order valence-corrected chi connectivity index (χ2v) is 9.17. The number of allylic oxidation sites excluding steroid dienone is 1. The second kappa shape index (κ2) is 9.42. The number of carbonyl (C=O) groups is 1. The summed E-state index contributed by atoms with van der Waals surface area (Å²) in [7, 11) is 1.62. The van der Waals surface area contributed by atoms with Crippen LogP contribution in [0.3, 0.4) is 0 Å². The number of nitrogens with one attached hydrogen (secondary N) is 1. The summed E-state index contributed by atoms with van der Waals surface area (Å²) in [6.45, 7) is 4.35. The molecule has 0 bridgehead atoms. The Hall–Kier alpha value is -3.46. The Morgan fingerprint density at radius 2 is 2.00 bits per heavy atom. The zero-order valence-corrected chi connectivity index (χ0v) is 19.8. The summed E-state index contributed by atoms with van der Waals surface area (Å²) in [5.74, 6) is 2.30. The Morgan fingerprint density at radius 1 is 1.21 bits per heavy atom. The largest absolute Gasteiger partial charge is 0.496 e. The van der Waals surface area contributed by atoms with E-state index in [1.165, 1.54) is 11.8 Å². The van der Waals surface area contributed by atoms with Gasteiger partial charge < -0.3 is 19.5 Å². The molecule has 1 fully saturated rings. The lowest BCUT2D eigenvalue weighted by atomic mass is 10.2. The number of nitrogens with zero attached hydrogens (tertiary/aromatic N) is 3. The number of thioether (sulfide) groups is 1. The molecule has 0 radical (unpaired) electrons. The predicted octanol–water partition coefficient (Wildman–Crippen LogP) is 4.91. The number of aromatic nitrogens is 3. The van der Waals surface area contributed by atoms with E-state index >= 15 is 0 Å². The van der Waals surface area contributed by atoms with Gasteiger partial charge in [-0.1, -0.05) is 30.0 Å². The summed E-state index contributed by atoms with van der Waals surface area (Å²) in [6, 6.07) is 13.1. The van der Waals surface area contributed by atoms with E-state index in [-0.39, 0.29) is 11.7 Å². The van der Waals surface area contributed by atoms with Gasteiger partial charge in [-0.3, -0.25) is 9.36 Å². The van der Waals surface area contributed by atoms with Crippen LogP contribution in [0.2, 0.25) is 0 Å². The van der Waals surface area contributed by atoms with Crippen molar-refractivity contribution in [2.75, 3.05) is 18.2 Å². The number of fused-ring (bicyclic) bond motifs is 1. The highest BCUT2D eigenvalue weighted by Gasteiger charge is 2.44. The molecule has 2 aliphatic rings. The first-order valence-electron chi connectivity index (χ1n) is 11.2. The van der Waals surface area contributed by atoms with Crippen LogP contribution >= 0.6 is 11.8 Å². The molecule has 1 saturated carbocycles. The zero-order valence-electron chi connectivity index (χ0n) is 19.0. The summed E-state index contributed by atoms with van der Waals surface area (Å²) >= 11 is 1.32. The molecule has 3 aromatic rings. The highest BCUT2D eigenvalue weighted by Crippen LogP contribution is 2.47. The van der Waals surface area contributed by atoms with Crippen LogP contribution in [-0.2, 0) is 11.3 Å². The van der Waals surface area contributed by atoms with Gasteiger partial charge >= 0.3 is 0 Å². The van der Waals surface area contributed by atoms with E-state index in [0.29, 0.717) is 34.7 Å². The lowest BCUT2D eigenvalue weighted by Crippen LogP contribution is -2.34. The van der Waals surface area contributed by atoms with Crippen LogP contribution in [0.15, 0.2) is 60.3 Å². The molecule has 2 aromatic carbocycles. The predicted molar refractivity (Wildman–Crippen MR) is 130 cm³/mol. The minimum atomic E-state index is -0.519. The Kier molecular flexibility index (Phi) is 6.19. The lowest BCUT2D eigenvalue weighted by molar-refractivity contribution is -0.113. The van der Waals surface area contributed by atoms with Crippen LogP contribution in [0.1, 0.15) is 25.7 Å². The van der Waals surface area contributed by atoms with E-state index < -0.39 is 5.79 Å². The van der Waals surface area contributed by atoms with Gasteiger partial charge in [0.2, 0.25) is 5.91 Å². The van der Waals surface area contributed by atoms with Gasteiger partial charge in [0.05, 0.1) is 18.4 Å². The van der Waals surface area contributed by atoms with Crippen molar-refractivity contribution in [1.29, 1.82) is 0 Å². The van der Waals surface area contributed by atoms with Crippen molar-refractivity contribution in [2.45, 2.75) is 43.2 Å². The maximum absolute atomic E-state index is 12.7. The Labute approximate surface area is 202 Å². The summed E-state index contributed by atoms with van der Waals surface area (Å²) in [6.07, 6.45) is 5.76. The maximum atomic E-state index is 12.7. The third-order valence-corrected chi connectivity index (χ3v) is 6.86. The lowest BCUT2D eigenvalue weighted by Gasteiger charge is -2.21. The maximum Gasteiger partial charge on any atom is 0.251 e. The van der Waals surface area contributed by atoms with E-state index in [9.17, 15) is 4.79 Å². The van der Waals surface area contributed by atoms with E-state index in [4.69, 9.17) is 14.2 Å². The molecule has 1 aliphatic heterocycles. The summed E-state index contributed by atoms with van der Waals surface area (Å²) in [5, 5.41) is 12.2. The standard InChI is InChI=1S/C25H26N4O4S/c1-3-14-29-23(18-8-4-5-9-19(18)31-2)27-28-24(29)34-16-22(30)26-17-10-11-20-21(15-17)33-25(32-20)12-6-7-13-25/h3-5,8-11,15H,1,6-7,12-14,16H2,2H3,(H,26,30). The number of carbonyl (C=O) groups excluding carboxylic acids is 1. The first-order valence-corrected chi connectivity index (χ1v) is 12.2. The number of benzene rings is 2. The van der Waals surface area contributed by atoms with Crippen molar-refractivity contribution in [3.05, 3.63) is 55.1 Å². The Morgan fingerprint density at radius 3 is 2.79 bits per heavy atom. The van der Waals surface area contributed by atoms with Gasteiger partial charge in [0, 0.05) is 31.1 Å². The molecule has 1 aliphatic carbocycles. The number of hydrogen-bond acceptors (Lipinski definition) is 7. The van der Waals surface area contributed by atoms with Crippen molar-refractivity contribution in [1.82, 2.24) is 14.8 Å². The average Bonchev–Trinajstić information content (AvgIpc) is 3.56. The van der Waals surface area contributed by atoms with E-state index in [1.54, 1.807) is 13.2 Å². The van der Waals surface area contributed by atoms with Crippen molar-refractivity contribution in [3.63, 3.8) is 0 Å². The molecular weight excluding hydrogens is 452 g/mol. The van der Waals surface area contributed by atoms with Crippen LogP contribution in [0.25, 0.3) is 11.4 Å². The minimum Gasteiger partial charge on any atom is -0.496 e. The van der Waals surface area contributed by atoms with Gasteiger partial charge in [-0.25, -0.2) is 0 Å². The number of hydrogen-bond donors (Lipinski definition) is 1. The fourth-order valence-corrected chi connectivity index (χ4v) is 5.08. The molecule has 0 atom stereocenters. The molecule has 9 heteroatoms. The molecule has 0 unspecified atom stereocenters. The molecule has 176 valence electrons. The van der Waals surface area contributed by atoms with Crippen molar-refractivity contribution in [3.8, 4) is 28.6 Å². The van der Waals surface area contributed by atoms with Crippen molar-refractivity contribution >= 4 is 23.4 Å². The molecular formula is C25H26N4O4S. The third-order valence-electron chi connectivity index (χ3n) is 5.89. The second-order valence-electron chi connectivity index (χ2n) is 8.23. The monoisotopic (exact) mass is 478 g/mol. The first kappa shape index (κ1) is 22.3. The highest BCUT2D eigenvalue weighted by molar-refractivity contribution is 7.99. The van der Waals surface area contributed by atoms with E-state index in [1.807, 2.05) is 47.0 Å². The number of rotatable bonds is 8. The normalized spacial score (nSPS) is 15.4. The van der Waals surface area contributed by atoms with Crippen LogP contribution in [0.4, 0.5) is 5.69 Å². The Balaban J connectivity index is 1.26. The summed E-state index contributed by atoms with van der Waals surface area (Å²) in [4.78, 5) is 12.7. The van der Waals surface area contributed by atoms with Crippen LogP contribution < -0.4 is 19.5 Å². The smallest absolute Gasteiger partial charge is 0.251 e. The fraction of sp³-hybridized carbons (Fsp3) is 0.320. The quantitative estimate of drug-likeness (QED) is 0.363. The SMILES string of the molecule is C=CCn1c(SCC(=O)Nc2ccc3c(c2)OC2(CCCC2)O3)nnc1-c1ccccc1OC. The number of methoxy groups -OCH3 is 1. The van der Waals surface area contributed by atoms with Crippen LogP contribution in [0, 0.1) is 0 Å². The average molecular weight is 479 g/mol. The topological polar surface area (TPSA) is 87.5 Å². The fourth-order valence-electron chi connectivity index (χ4n) is 4.33. The van der Waals surface area contributed by atoms with Crippen LogP contribution in [-0.4, -0.2) is 39.3 Å². The molecule has 8 nitrogen and oxygen atoms in total. The van der Waals surface area contributed by atoms with E-state index in [0.717, 1.165) is 37.0 Å². The number of amides is 1. The molecule has 2 heterocycles. The van der Waals surface area contributed by atoms with Gasteiger partial charge in [0.1, 0.15) is 5.75 Å². The number of ether oxygens (including phenoxy) is 3. The summed E-state index contributed by atoms with van der Waals surface area (Å²) in [5.41, 5.74) is 1.50. The molecule has 1 spiro atoms. The van der Waals surface area contributed by atoms with Gasteiger partial charge in [-0.05, 0) is 37.1 Å². The molecule has 1 amide bonds. The molecule has 5 rings (SSSR count). The third kappa shape index (κ3) is 4.35.